The maximum absolute atomic E-state index is 5.26. The van der Waals surface area contributed by atoms with Crippen LogP contribution in [-0.2, 0) is 4.74 Å². The van der Waals surface area contributed by atoms with Crippen LogP contribution in [0.15, 0.2) is 0 Å². The molecule has 3 heteroatoms. The van der Waals surface area contributed by atoms with E-state index in [0.29, 0.717) is 6.04 Å². The largest absolute Gasteiger partial charge is 0.378 e. The third kappa shape index (κ3) is 4.49. The van der Waals surface area contributed by atoms with E-state index in [9.17, 15) is 0 Å². The summed E-state index contributed by atoms with van der Waals surface area (Å²) in [6.07, 6.45) is 2.49. The summed E-state index contributed by atoms with van der Waals surface area (Å²) in [6.45, 7) is 11.2. The van der Waals surface area contributed by atoms with Crippen LogP contribution in [0, 0.1) is 0 Å². The number of likely N-dealkylation sites (N-methyl/N-ethyl adjacent to an activating group) is 1. The Balaban J connectivity index is 2.18. The Morgan fingerprint density at radius 2 is 1.67 bits per heavy atom. The highest BCUT2D eigenvalue weighted by Crippen LogP contribution is 2.10. The highest BCUT2D eigenvalue weighted by Gasteiger charge is 2.24. The van der Waals surface area contributed by atoms with Gasteiger partial charge in [-0.05, 0) is 33.0 Å². The topological polar surface area (TPSA) is 15.7 Å². The Labute approximate surface area is 94.4 Å². The van der Waals surface area contributed by atoms with E-state index in [4.69, 9.17) is 4.74 Å². The normalized spacial score (nSPS) is 17.4. The summed E-state index contributed by atoms with van der Waals surface area (Å²) in [5.41, 5.74) is 0. The molecule has 0 bridgehead atoms. The molecular weight excluding hydrogens is 188 g/mol. The van der Waals surface area contributed by atoms with Gasteiger partial charge >= 0.3 is 0 Å². The zero-order valence-electron chi connectivity index (χ0n) is 10.5. The molecule has 1 saturated heterocycles. The summed E-state index contributed by atoms with van der Waals surface area (Å²) in [5.74, 6) is 0. The molecule has 1 heterocycles. The first-order valence-corrected chi connectivity index (χ1v) is 6.28. The summed E-state index contributed by atoms with van der Waals surface area (Å²) in [6, 6.07) is 0.694. The molecule has 1 fully saturated rings. The van der Waals surface area contributed by atoms with Crippen molar-refractivity contribution < 1.29 is 4.74 Å². The molecule has 0 amide bonds. The van der Waals surface area contributed by atoms with Crippen molar-refractivity contribution in [3.8, 4) is 0 Å². The van der Waals surface area contributed by atoms with Crippen molar-refractivity contribution in [2.24, 2.45) is 0 Å². The van der Waals surface area contributed by atoms with Crippen LogP contribution in [-0.4, -0.2) is 62.3 Å². The van der Waals surface area contributed by atoms with E-state index in [2.05, 4.69) is 30.7 Å². The lowest BCUT2D eigenvalue weighted by molar-refractivity contribution is -0.0661. The summed E-state index contributed by atoms with van der Waals surface area (Å²) in [7, 11) is 2.21. The summed E-state index contributed by atoms with van der Waals surface area (Å²) >= 11 is 0. The second kappa shape index (κ2) is 7.20. The number of ether oxygens (including phenoxy) is 1. The second-order valence-corrected chi connectivity index (χ2v) is 4.53. The molecule has 0 N–H and O–H groups in total. The summed E-state index contributed by atoms with van der Waals surface area (Å²) < 4.78 is 5.26. The van der Waals surface area contributed by atoms with Crippen LogP contribution < -0.4 is 0 Å². The van der Waals surface area contributed by atoms with Gasteiger partial charge in [0.15, 0.2) is 0 Å². The molecule has 0 unspecified atom stereocenters. The van der Waals surface area contributed by atoms with E-state index < -0.39 is 0 Å². The Kier molecular flexibility index (Phi) is 6.22. The van der Waals surface area contributed by atoms with Gasteiger partial charge in [0.1, 0.15) is 0 Å². The van der Waals surface area contributed by atoms with Crippen LogP contribution in [0.5, 0.6) is 0 Å². The van der Waals surface area contributed by atoms with Crippen molar-refractivity contribution in [1.29, 1.82) is 0 Å². The molecular formula is C12H26N2O. The van der Waals surface area contributed by atoms with Gasteiger partial charge in [-0.2, -0.15) is 0 Å². The standard InChI is InChI=1S/C12H26N2O/c1-4-6-13(3)8-9-14(7-5-2)12-10-15-11-12/h12H,4-11H2,1-3H3. The van der Waals surface area contributed by atoms with Crippen molar-refractivity contribution in [2.45, 2.75) is 32.7 Å². The lowest BCUT2D eigenvalue weighted by Crippen LogP contribution is -2.51. The third-order valence-corrected chi connectivity index (χ3v) is 3.02. The van der Waals surface area contributed by atoms with Crippen LogP contribution in [0.25, 0.3) is 0 Å². The minimum Gasteiger partial charge on any atom is -0.378 e. The number of hydrogen-bond donors (Lipinski definition) is 0. The number of rotatable bonds is 8. The molecule has 0 aromatic rings. The molecule has 0 aromatic heterocycles. The fourth-order valence-corrected chi connectivity index (χ4v) is 1.99. The van der Waals surface area contributed by atoms with Gasteiger partial charge < -0.3 is 9.64 Å². The Morgan fingerprint density at radius 1 is 1.00 bits per heavy atom. The highest BCUT2D eigenvalue weighted by atomic mass is 16.5. The highest BCUT2D eigenvalue weighted by molar-refractivity contribution is 4.77. The lowest BCUT2D eigenvalue weighted by atomic mass is 10.2. The van der Waals surface area contributed by atoms with Crippen LogP contribution >= 0.6 is 0 Å². The third-order valence-electron chi connectivity index (χ3n) is 3.02. The molecule has 15 heavy (non-hydrogen) atoms. The predicted octanol–water partition coefficient (Wildman–Crippen LogP) is 1.44. The predicted molar refractivity (Wildman–Crippen MR) is 64.3 cm³/mol. The molecule has 0 atom stereocenters. The average molecular weight is 214 g/mol. The van der Waals surface area contributed by atoms with Crippen LogP contribution in [0.3, 0.4) is 0 Å². The van der Waals surface area contributed by atoms with Crippen molar-refractivity contribution in [1.82, 2.24) is 9.80 Å². The fraction of sp³-hybridized carbons (Fsp3) is 1.00. The van der Waals surface area contributed by atoms with Crippen LogP contribution in [0.2, 0.25) is 0 Å². The minimum absolute atomic E-state index is 0.694. The van der Waals surface area contributed by atoms with Gasteiger partial charge in [0.25, 0.3) is 0 Å². The average Bonchev–Trinajstić information content (AvgIpc) is 2.12. The zero-order valence-corrected chi connectivity index (χ0v) is 10.5. The first-order valence-electron chi connectivity index (χ1n) is 6.28. The molecule has 1 aliphatic rings. The zero-order chi connectivity index (χ0) is 11.1. The molecule has 0 saturated carbocycles. The molecule has 0 radical (unpaired) electrons. The van der Waals surface area contributed by atoms with Gasteiger partial charge in [0.2, 0.25) is 0 Å². The Hall–Kier alpha value is -0.120. The van der Waals surface area contributed by atoms with Gasteiger partial charge in [0.05, 0.1) is 19.3 Å². The Bertz CT molecular complexity index is 160. The second-order valence-electron chi connectivity index (χ2n) is 4.53. The monoisotopic (exact) mass is 214 g/mol. The van der Waals surface area contributed by atoms with E-state index in [1.54, 1.807) is 0 Å². The molecule has 0 aliphatic carbocycles. The van der Waals surface area contributed by atoms with E-state index in [0.717, 1.165) is 13.2 Å². The van der Waals surface area contributed by atoms with Gasteiger partial charge in [0, 0.05) is 13.1 Å². The maximum Gasteiger partial charge on any atom is 0.0645 e. The van der Waals surface area contributed by atoms with E-state index in [-0.39, 0.29) is 0 Å². The van der Waals surface area contributed by atoms with Gasteiger partial charge in [-0.15, -0.1) is 0 Å². The molecule has 1 rings (SSSR count). The summed E-state index contributed by atoms with van der Waals surface area (Å²) in [4.78, 5) is 5.00. The molecule has 90 valence electrons. The number of hydrogen-bond acceptors (Lipinski definition) is 3. The molecule has 1 aliphatic heterocycles. The minimum atomic E-state index is 0.694. The molecule has 3 nitrogen and oxygen atoms in total. The first-order chi connectivity index (χ1) is 7.27. The van der Waals surface area contributed by atoms with Gasteiger partial charge in [-0.25, -0.2) is 0 Å². The first kappa shape index (κ1) is 12.9. The number of nitrogens with zero attached hydrogens (tertiary/aromatic N) is 2. The van der Waals surface area contributed by atoms with Crippen LogP contribution in [0.1, 0.15) is 26.7 Å². The van der Waals surface area contributed by atoms with E-state index >= 15 is 0 Å². The van der Waals surface area contributed by atoms with E-state index in [1.165, 1.54) is 39.0 Å². The Morgan fingerprint density at radius 3 is 2.13 bits per heavy atom. The molecule has 0 spiro atoms. The van der Waals surface area contributed by atoms with E-state index in [1.807, 2.05) is 0 Å². The van der Waals surface area contributed by atoms with Crippen molar-refractivity contribution >= 4 is 0 Å². The van der Waals surface area contributed by atoms with Crippen molar-refractivity contribution in [3.05, 3.63) is 0 Å². The van der Waals surface area contributed by atoms with Gasteiger partial charge in [-0.1, -0.05) is 13.8 Å². The fourth-order valence-electron chi connectivity index (χ4n) is 1.99. The molecule has 0 aromatic carbocycles. The quantitative estimate of drug-likeness (QED) is 0.608. The van der Waals surface area contributed by atoms with Gasteiger partial charge in [-0.3, -0.25) is 4.90 Å². The summed E-state index contributed by atoms with van der Waals surface area (Å²) in [5, 5.41) is 0. The van der Waals surface area contributed by atoms with Crippen molar-refractivity contribution in [2.75, 3.05) is 46.4 Å². The lowest BCUT2D eigenvalue weighted by Gasteiger charge is -2.38. The van der Waals surface area contributed by atoms with Crippen molar-refractivity contribution in [3.63, 3.8) is 0 Å². The van der Waals surface area contributed by atoms with Crippen LogP contribution in [0.4, 0.5) is 0 Å². The SMILES string of the molecule is CCCN(C)CCN(CCC)C1COC1. The smallest absolute Gasteiger partial charge is 0.0645 e. The maximum atomic E-state index is 5.26.